The van der Waals surface area contributed by atoms with Gasteiger partial charge in [-0.1, -0.05) is 0 Å². The lowest BCUT2D eigenvalue weighted by Gasteiger charge is -2.24. The van der Waals surface area contributed by atoms with Gasteiger partial charge in [0.2, 0.25) is 11.7 Å². The van der Waals surface area contributed by atoms with Gasteiger partial charge in [0.15, 0.2) is 5.69 Å². The molecule has 170 valence electrons. The Morgan fingerprint density at radius 3 is 2.16 bits per heavy atom. The van der Waals surface area contributed by atoms with E-state index < -0.39 is 38.6 Å². The number of azo groups is 1. The maximum absolute atomic E-state index is 14.0. The van der Waals surface area contributed by atoms with Gasteiger partial charge in [-0.3, -0.25) is 25.0 Å². The van der Waals surface area contributed by atoms with Gasteiger partial charge in [0.05, 0.1) is 34.4 Å². The van der Waals surface area contributed by atoms with Gasteiger partial charge in [-0.15, -0.1) is 10.2 Å². The molecule has 0 aliphatic carbocycles. The minimum Gasteiger partial charge on any atom is -0.494 e. The molecule has 0 atom stereocenters. The van der Waals surface area contributed by atoms with Gasteiger partial charge in [-0.05, 0) is 19.9 Å². The molecule has 0 unspecified atom stereocenters. The molecule has 1 amide bonds. The predicted molar refractivity (Wildman–Crippen MR) is 115 cm³/mol. The Bertz CT molecular complexity index is 1090. The first-order valence-electron chi connectivity index (χ1n) is 9.41. The molecule has 0 heterocycles. The average Bonchev–Trinajstić information content (AvgIpc) is 2.73. The molecule has 0 fully saturated rings. The number of nitro groups is 2. The predicted octanol–water partition coefficient (Wildman–Crippen LogP) is 4.87. The number of methoxy groups -OCH3 is 1. The molecule has 0 saturated carbocycles. The number of rotatable bonds is 9. The van der Waals surface area contributed by atoms with Gasteiger partial charge in [-0.25, -0.2) is 0 Å². The van der Waals surface area contributed by atoms with Crippen LogP contribution >= 0.6 is 0 Å². The van der Waals surface area contributed by atoms with Gasteiger partial charge in [0, 0.05) is 32.1 Å². The molecule has 1 N–H and O–H groups in total. The van der Waals surface area contributed by atoms with Crippen molar-refractivity contribution in [2.24, 2.45) is 10.2 Å². The van der Waals surface area contributed by atoms with E-state index in [-0.39, 0.29) is 11.4 Å². The van der Waals surface area contributed by atoms with Crippen LogP contribution < -0.4 is 15.0 Å². The highest BCUT2D eigenvalue weighted by Crippen LogP contribution is 2.40. The molecule has 2 aromatic rings. The number of nitrogens with zero attached hydrogens (tertiary/aromatic N) is 5. The van der Waals surface area contributed by atoms with Crippen LogP contribution in [-0.2, 0) is 4.79 Å². The lowest BCUT2D eigenvalue weighted by Crippen LogP contribution is -2.22. The summed E-state index contributed by atoms with van der Waals surface area (Å²) in [6, 6.07) is 4.12. The normalized spacial score (nSPS) is 10.8. The van der Waals surface area contributed by atoms with Crippen LogP contribution in [0.25, 0.3) is 0 Å². The fourth-order valence-corrected chi connectivity index (χ4v) is 2.92. The molecule has 0 aliphatic rings. The summed E-state index contributed by atoms with van der Waals surface area (Å²) >= 11 is 0. The quantitative estimate of drug-likeness (QED) is 0.326. The van der Waals surface area contributed by atoms with Crippen LogP contribution in [-0.4, -0.2) is 36.0 Å². The van der Waals surface area contributed by atoms with Crippen LogP contribution in [0, 0.1) is 26.0 Å². The van der Waals surface area contributed by atoms with Crippen molar-refractivity contribution in [1.82, 2.24) is 0 Å². The van der Waals surface area contributed by atoms with Crippen molar-refractivity contribution in [3.63, 3.8) is 0 Å². The number of ether oxygens (including phenoxy) is 1. The van der Waals surface area contributed by atoms with Crippen molar-refractivity contribution >= 4 is 40.0 Å². The molecule has 0 saturated heterocycles. The third-order valence-corrected chi connectivity index (χ3v) is 4.41. The highest BCUT2D eigenvalue weighted by Gasteiger charge is 2.25. The van der Waals surface area contributed by atoms with Crippen LogP contribution in [0.4, 0.5) is 38.5 Å². The number of carbonyl (C=O) groups is 1. The molecule has 0 radical (unpaired) electrons. The lowest BCUT2D eigenvalue weighted by atomic mass is 10.2. The zero-order chi connectivity index (χ0) is 24.0. The summed E-state index contributed by atoms with van der Waals surface area (Å²) in [5.74, 6) is -1.29. The maximum atomic E-state index is 14.0. The molecule has 0 aliphatic heterocycles. The average molecular weight is 448 g/mol. The standard InChI is InChI=1S/C19H21FN6O6/c1-5-24(6-2)18-8-13(21-11(3)27)14(9-19(18)32-4)22-23-15-7-12(20)16(25(28)29)10-17(15)26(30)31/h7-10H,5-6H2,1-4H3,(H,21,27)/b23-22+. The maximum Gasteiger partial charge on any atom is 0.311 e. The molecule has 32 heavy (non-hydrogen) atoms. The third kappa shape index (κ3) is 5.30. The molecule has 0 spiro atoms. The van der Waals surface area contributed by atoms with Crippen molar-refractivity contribution in [3.8, 4) is 5.75 Å². The second-order valence-electron chi connectivity index (χ2n) is 6.40. The Morgan fingerprint density at radius 1 is 1.06 bits per heavy atom. The first-order chi connectivity index (χ1) is 15.1. The first kappa shape index (κ1) is 24.1. The topological polar surface area (TPSA) is 153 Å². The van der Waals surface area contributed by atoms with Crippen molar-refractivity contribution < 1.29 is 23.8 Å². The van der Waals surface area contributed by atoms with E-state index in [0.29, 0.717) is 36.7 Å². The number of carbonyl (C=O) groups excluding carboxylic acids is 1. The first-order valence-corrected chi connectivity index (χ1v) is 9.41. The van der Waals surface area contributed by atoms with E-state index >= 15 is 0 Å². The lowest BCUT2D eigenvalue weighted by molar-refractivity contribution is -0.395. The number of nitrogens with one attached hydrogen (secondary N) is 1. The van der Waals surface area contributed by atoms with Gasteiger partial charge in [0.1, 0.15) is 11.4 Å². The molecular weight excluding hydrogens is 427 g/mol. The van der Waals surface area contributed by atoms with Gasteiger partial charge in [0.25, 0.3) is 0 Å². The molecule has 2 rings (SSSR count). The zero-order valence-corrected chi connectivity index (χ0v) is 17.8. The van der Waals surface area contributed by atoms with Crippen LogP contribution in [0.2, 0.25) is 0 Å². The largest absolute Gasteiger partial charge is 0.494 e. The summed E-state index contributed by atoms with van der Waals surface area (Å²) in [7, 11) is 1.44. The summed E-state index contributed by atoms with van der Waals surface area (Å²) in [6.07, 6.45) is 0. The highest BCUT2D eigenvalue weighted by molar-refractivity contribution is 5.93. The van der Waals surface area contributed by atoms with E-state index in [1.54, 1.807) is 6.07 Å². The van der Waals surface area contributed by atoms with Crippen LogP contribution in [0.3, 0.4) is 0 Å². The van der Waals surface area contributed by atoms with Gasteiger partial charge >= 0.3 is 11.4 Å². The second kappa shape index (κ2) is 10.2. The van der Waals surface area contributed by atoms with Crippen molar-refractivity contribution in [2.45, 2.75) is 20.8 Å². The van der Waals surface area contributed by atoms with Gasteiger partial charge < -0.3 is 15.0 Å². The van der Waals surface area contributed by atoms with E-state index in [1.165, 1.54) is 20.1 Å². The van der Waals surface area contributed by atoms with Crippen molar-refractivity contribution in [3.05, 3.63) is 50.3 Å². The molecule has 0 bridgehead atoms. The van der Waals surface area contributed by atoms with E-state index in [9.17, 15) is 29.4 Å². The zero-order valence-electron chi connectivity index (χ0n) is 17.8. The minimum atomic E-state index is -1.30. The Kier molecular flexibility index (Phi) is 7.71. The van der Waals surface area contributed by atoms with Crippen LogP contribution in [0.5, 0.6) is 5.75 Å². The molecule has 13 heteroatoms. The Hall–Kier alpha value is -4.16. The Morgan fingerprint density at radius 2 is 1.66 bits per heavy atom. The van der Waals surface area contributed by atoms with Crippen LogP contribution in [0.15, 0.2) is 34.5 Å². The number of hydrogen-bond donors (Lipinski definition) is 1. The third-order valence-electron chi connectivity index (χ3n) is 4.41. The Balaban J connectivity index is 2.65. The number of amides is 1. The number of hydrogen-bond acceptors (Lipinski definition) is 9. The minimum absolute atomic E-state index is 0.0843. The fourth-order valence-electron chi connectivity index (χ4n) is 2.92. The number of benzene rings is 2. The Labute approximate surface area is 182 Å². The molecular formula is C19H21FN6O6. The summed E-state index contributed by atoms with van der Waals surface area (Å²) in [5.41, 5.74) is -1.38. The van der Waals surface area contributed by atoms with E-state index in [2.05, 4.69) is 15.5 Å². The monoisotopic (exact) mass is 448 g/mol. The summed E-state index contributed by atoms with van der Waals surface area (Å²) < 4.78 is 19.4. The molecule has 12 nitrogen and oxygen atoms in total. The van der Waals surface area contributed by atoms with Crippen molar-refractivity contribution in [1.29, 1.82) is 0 Å². The van der Waals surface area contributed by atoms with E-state index in [4.69, 9.17) is 4.74 Å². The second-order valence-corrected chi connectivity index (χ2v) is 6.40. The van der Waals surface area contributed by atoms with E-state index in [1.807, 2.05) is 18.7 Å². The number of halogens is 1. The van der Waals surface area contributed by atoms with Crippen LogP contribution in [0.1, 0.15) is 20.8 Å². The van der Waals surface area contributed by atoms with Gasteiger partial charge in [-0.2, -0.15) is 4.39 Å². The summed E-state index contributed by atoms with van der Waals surface area (Å²) in [6.45, 7) is 6.48. The smallest absolute Gasteiger partial charge is 0.311 e. The number of anilines is 2. The SMILES string of the molecule is CCN(CC)c1cc(NC(C)=O)c(/N=N/c2cc(F)c([N+](=O)[O-])cc2[N+](=O)[O-])cc1OC. The summed E-state index contributed by atoms with van der Waals surface area (Å²) in [5, 5.41) is 32.4. The van der Waals surface area contributed by atoms with Crippen molar-refractivity contribution in [2.75, 3.05) is 30.4 Å². The fraction of sp³-hybridized carbons (Fsp3) is 0.316. The number of nitro benzene ring substituents is 2. The molecule has 0 aromatic heterocycles. The highest BCUT2D eigenvalue weighted by atomic mass is 19.1. The molecule has 2 aromatic carbocycles. The van der Waals surface area contributed by atoms with E-state index in [0.717, 1.165) is 0 Å². The summed E-state index contributed by atoms with van der Waals surface area (Å²) in [4.78, 5) is 33.8.